The number of urea groups is 1. The van der Waals surface area contributed by atoms with Gasteiger partial charge in [-0.15, -0.1) is 0 Å². The topological polar surface area (TPSA) is 101 Å². The van der Waals surface area contributed by atoms with E-state index in [9.17, 15) is 14.4 Å². The van der Waals surface area contributed by atoms with Gasteiger partial charge in [-0.2, -0.15) is 0 Å². The van der Waals surface area contributed by atoms with Gasteiger partial charge in [0.2, 0.25) is 0 Å². The van der Waals surface area contributed by atoms with Crippen molar-refractivity contribution in [3.8, 4) is 11.5 Å². The molecular weight excluding hydrogens is 486 g/mol. The van der Waals surface area contributed by atoms with Crippen molar-refractivity contribution in [3.63, 3.8) is 0 Å². The molecule has 3 aromatic carbocycles. The Morgan fingerprint density at radius 3 is 2.42 bits per heavy atom. The van der Waals surface area contributed by atoms with Crippen LogP contribution in [0.2, 0.25) is 0 Å². The summed E-state index contributed by atoms with van der Waals surface area (Å²) < 4.78 is 15.7. The van der Waals surface area contributed by atoms with Gasteiger partial charge in [-0.25, -0.2) is 14.5 Å². The Bertz CT molecular complexity index is 1590. The largest absolute Gasteiger partial charge is 0.497 e. The number of carbonyl (C=O) groups is 3. The van der Waals surface area contributed by atoms with Crippen molar-refractivity contribution >= 4 is 34.5 Å². The number of amides is 3. The minimum atomic E-state index is -0.726. The normalized spacial score (nSPS) is 18.4. The third-order valence-electron chi connectivity index (χ3n) is 7.32. The molecule has 0 radical (unpaired) electrons. The Morgan fingerprint density at radius 2 is 1.71 bits per heavy atom. The lowest BCUT2D eigenvalue weighted by molar-refractivity contribution is -0.120. The number of fused-ring (bicyclic) bond motifs is 4. The second kappa shape index (κ2) is 8.95. The van der Waals surface area contributed by atoms with Crippen LogP contribution in [-0.2, 0) is 16.0 Å². The zero-order valence-electron chi connectivity index (χ0n) is 21.1. The van der Waals surface area contributed by atoms with Gasteiger partial charge in [0.25, 0.3) is 5.91 Å². The average molecular weight is 512 g/mol. The highest BCUT2D eigenvalue weighted by Crippen LogP contribution is 2.46. The van der Waals surface area contributed by atoms with E-state index in [0.29, 0.717) is 29.2 Å². The molecule has 2 aliphatic heterocycles. The van der Waals surface area contributed by atoms with Crippen LogP contribution in [0.5, 0.6) is 11.5 Å². The Balaban J connectivity index is 1.52. The summed E-state index contributed by atoms with van der Waals surface area (Å²) in [6.07, 6.45) is 0.365. The van der Waals surface area contributed by atoms with Gasteiger partial charge in [-0.3, -0.25) is 9.69 Å². The Morgan fingerprint density at radius 1 is 0.947 bits per heavy atom. The van der Waals surface area contributed by atoms with E-state index in [0.717, 1.165) is 27.7 Å². The second-order valence-corrected chi connectivity index (χ2v) is 9.20. The van der Waals surface area contributed by atoms with E-state index in [4.69, 9.17) is 14.2 Å². The number of aromatic amines is 1. The first-order valence-electron chi connectivity index (χ1n) is 12.1. The maximum atomic E-state index is 14.1. The van der Waals surface area contributed by atoms with Crippen molar-refractivity contribution in [2.45, 2.75) is 18.5 Å². The van der Waals surface area contributed by atoms with Gasteiger partial charge in [0.05, 0.1) is 32.6 Å². The predicted octanol–water partition coefficient (Wildman–Crippen LogP) is 4.45. The van der Waals surface area contributed by atoms with E-state index >= 15 is 0 Å². The third-order valence-corrected chi connectivity index (χ3v) is 7.32. The first-order valence-corrected chi connectivity index (χ1v) is 12.1. The summed E-state index contributed by atoms with van der Waals surface area (Å²) in [6, 6.07) is 18.1. The first-order chi connectivity index (χ1) is 18.5. The van der Waals surface area contributed by atoms with Crippen molar-refractivity contribution < 1.29 is 28.6 Å². The molecule has 1 N–H and O–H groups in total. The smallest absolute Gasteiger partial charge is 0.337 e. The molecule has 3 amide bonds. The number of hydrogen-bond donors (Lipinski definition) is 1. The van der Waals surface area contributed by atoms with Crippen LogP contribution in [0, 0.1) is 0 Å². The quantitative estimate of drug-likeness (QED) is 0.314. The van der Waals surface area contributed by atoms with Crippen LogP contribution >= 0.6 is 0 Å². The number of nitrogens with one attached hydrogen (secondary N) is 1. The number of carbonyl (C=O) groups excluding carboxylic acids is 3. The minimum Gasteiger partial charge on any atom is -0.497 e. The number of hydrogen-bond acceptors (Lipinski definition) is 6. The fraction of sp³-hybridized carbons (Fsp3) is 0.207. The molecule has 9 nitrogen and oxygen atoms in total. The number of aromatic nitrogens is 1. The number of ether oxygens (including phenoxy) is 3. The molecule has 0 saturated carbocycles. The number of nitrogens with zero attached hydrogens (tertiary/aromatic N) is 2. The maximum absolute atomic E-state index is 14.1. The third kappa shape index (κ3) is 3.42. The lowest BCUT2D eigenvalue weighted by Gasteiger charge is -2.36. The van der Waals surface area contributed by atoms with Crippen LogP contribution in [0.15, 0.2) is 66.7 Å². The molecule has 2 aliphatic rings. The minimum absolute atomic E-state index is 0.324. The summed E-state index contributed by atoms with van der Waals surface area (Å²) in [5, 5.41) is 1.01. The van der Waals surface area contributed by atoms with Crippen LogP contribution in [0.25, 0.3) is 10.9 Å². The molecule has 0 aliphatic carbocycles. The summed E-state index contributed by atoms with van der Waals surface area (Å²) in [5.74, 6) is 0.0921. The molecule has 2 atom stereocenters. The molecule has 192 valence electrons. The molecule has 1 unspecified atom stereocenters. The molecule has 3 heterocycles. The number of esters is 1. The molecule has 38 heavy (non-hydrogen) atoms. The van der Waals surface area contributed by atoms with Gasteiger partial charge in [-0.05, 0) is 41.5 Å². The first kappa shape index (κ1) is 23.6. The molecule has 1 aromatic heterocycles. The Labute approximate surface area is 218 Å². The number of rotatable bonds is 5. The molecule has 0 bridgehead atoms. The zero-order valence-corrected chi connectivity index (χ0v) is 21.1. The maximum Gasteiger partial charge on any atom is 0.337 e. The van der Waals surface area contributed by atoms with E-state index < -0.39 is 24.1 Å². The molecule has 0 spiro atoms. The number of imide groups is 1. The van der Waals surface area contributed by atoms with Crippen LogP contribution in [-0.4, -0.2) is 55.2 Å². The monoisotopic (exact) mass is 511 g/mol. The van der Waals surface area contributed by atoms with Crippen molar-refractivity contribution in [1.82, 2.24) is 9.88 Å². The van der Waals surface area contributed by atoms with Gasteiger partial charge >= 0.3 is 12.0 Å². The number of methoxy groups -OCH3 is 3. The van der Waals surface area contributed by atoms with Gasteiger partial charge < -0.3 is 19.2 Å². The standard InChI is InChI=1S/C29H25N3O6/c1-36-18-12-13-24(37-2)22(14-18)32-27(33)23-15-20-19-6-4-5-7-21(19)30-25(20)26(31(23)29(32)35)16-8-10-17(11-9-16)28(34)38-3/h4-14,23,26,30H,15H2,1-3H3/t23-,26?/m0/s1. The number of para-hydroxylation sites is 1. The fourth-order valence-electron chi connectivity index (χ4n) is 5.53. The predicted molar refractivity (Wildman–Crippen MR) is 140 cm³/mol. The molecule has 6 rings (SSSR count). The number of H-pyrrole nitrogens is 1. The van der Waals surface area contributed by atoms with E-state index in [-0.39, 0.29) is 5.91 Å². The number of benzene rings is 3. The summed E-state index contributed by atoms with van der Waals surface area (Å²) in [6.45, 7) is 0. The van der Waals surface area contributed by atoms with Crippen LogP contribution < -0.4 is 14.4 Å². The van der Waals surface area contributed by atoms with Crippen molar-refractivity contribution in [2.75, 3.05) is 26.2 Å². The summed E-state index contributed by atoms with van der Waals surface area (Å²) in [4.78, 5) is 46.4. The van der Waals surface area contributed by atoms with E-state index in [1.165, 1.54) is 26.2 Å². The van der Waals surface area contributed by atoms with Gasteiger partial charge in [0, 0.05) is 29.1 Å². The molecule has 1 fully saturated rings. The second-order valence-electron chi connectivity index (χ2n) is 9.20. The van der Waals surface area contributed by atoms with E-state index in [1.54, 1.807) is 47.4 Å². The zero-order chi connectivity index (χ0) is 26.6. The van der Waals surface area contributed by atoms with Gasteiger partial charge in [-0.1, -0.05) is 30.3 Å². The van der Waals surface area contributed by atoms with E-state index in [1.807, 2.05) is 24.3 Å². The highest BCUT2D eigenvalue weighted by molar-refractivity contribution is 6.22. The highest BCUT2D eigenvalue weighted by atomic mass is 16.5. The molecule has 9 heteroatoms. The fourth-order valence-corrected chi connectivity index (χ4v) is 5.53. The van der Waals surface area contributed by atoms with Crippen molar-refractivity contribution in [3.05, 3.63) is 89.1 Å². The Hall–Kier alpha value is -4.79. The van der Waals surface area contributed by atoms with Crippen molar-refractivity contribution in [2.24, 2.45) is 0 Å². The number of anilines is 1. The SMILES string of the molecule is COC(=O)c1ccc(C2c3[nH]c4ccccc4c3C[C@H]3C(=O)N(c4cc(OC)ccc4OC)C(=O)N23)cc1. The highest BCUT2D eigenvalue weighted by Gasteiger charge is 2.53. The molecule has 1 saturated heterocycles. The van der Waals surface area contributed by atoms with Crippen LogP contribution in [0.3, 0.4) is 0 Å². The summed E-state index contributed by atoms with van der Waals surface area (Å²) >= 11 is 0. The average Bonchev–Trinajstić information content (AvgIpc) is 3.45. The van der Waals surface area contributed by atoms with Gasteiger partial charge in [0.1, 0.15) is 23.6 Å². The van der Waals surface area contributed by atoms with Crippen LogP contribution in [0.1, 0.15) is 33.2 Å². The Kier molecular flexibility index (Phi) is 5.56. The summed E-state index contributed by atoms with van der Waals surface area (Å²) in [5.41, 5.74) is 4.24. The molecular formula is C29H25N3O6. The van der Waals surface area contributed by atoms with E-state index in [2.05, 4.69) is 4.98 Å². The lowest BCUT2D eigenvalue weighted by atomic mass is 9.88. The van der Waals surface area contributed by atoms with Gasteiger partial charge in [0.15, 0.2) is 0 Å². The lowest BCUT2D eigenvalue weighted by Crippen LogP contribution is -2.44. The summed E-state index contributed by atoms with van der Waals surface area (Å²) in [7, 11) is 4.34. The molecule has 4 aromatic rings. The van der Waals surface area contributed by atoms with Crippen LogP contribution in [0.4, 0.5) is 10.5 Å². The van der Waals surface area contributed by atoms with Crippen molar-refractivity contribution in [1.29, 1.82) is 0 Å².